The van der Waals surface area contributed by atoms with Crippen LogP contribution in [0.25, 0.3) is 43.8 Å². The van der Waals surface area contributed by atoms with Gasteiger partial charge in [0, 0.05) is 0 Å². The van der Waals surface area contributed by atoms with E-state index in [9.17, 15) is 0 Å². The van der Waals surface area contributed by atoms with Gasteiger partial charge in [0.05, 0.1) is 0 Å². The Hall–Kier alpha value is -4.00. The van der Waals surface area contributed by atoms with Crippen molar-refractivity contribution >= 4 is 24.8 Å². The van der Waals surface area contributed by atoms with Gasteiger partial charge in [-0.3, -0.25) is 6.08 Å². The first kappa shape index (κ1) is 46.7. The molecule has 7 aromatic rings. The summed E-state index contributed by atoms with van der Waals surface area (Å²) in [7, 11) is 0. The Bertz CT molecular complexity index is 2360. The Balaban J connectivity index is 0.000000228. The normalized spacial score (nSPS) is 13.1. The van der Waals surface area contributed by atoms with Gasteiger partial charge in [0.25, 0.3) is 0 Å². The molecule has 0 heterocycles. The molecule has 0 spiro atoms. The van der Waals surface area contributed by atoms with Gasteiger partial charge in [0.2, 0.25) is 0 Å². The standard InChI is InChI=1S/C31H29.C13H10.C11H17.2ClH.Zr/c1-18-11-20(3)30(21(4)12-18)24-7-9-28-26(15-24)17-27-16-25(8-10-29(27)28)31-22(5)13-19(2)14-23(31)6;1-3-7-12(8-4-1)11-13-9-5-2-6-10-13;1-5-9-6-7-10(8-9)11(2,3)4;;;/h7-17H,1-6H3;1-10H;7-9H,5H2,1-4H3;2*1H;/q-1;;-1;;;+2/p-2. The molecular formula is C55H56Cl2Zr-2. The van der Waals surface area contributed by atoms with Crippen molar-refractivity contribution in [3.8, 4) is 22.3 Å². The van der Waals surface area contributed by atoms with E-state index in [-0.39, 0.29) is 24.8 Å². The topological polar surface area (TPSA) is 0 Å². The summed E-state index contributed by atoms with van der Waals surface area (Å²) in [6.07, 6.45) is 9.00. The first-order chi connectivity index (χ1) is 26.7. The molecule has 0 saturated carbocycles. The second kappa shape index (κ2) is 20.3. The van der Waals surface area contributed by atoms with Crippen LogP contribution < -0.4 is 24.8 Å². The minimum absolute atomic E-state index is 0. The molecule has 0 nitrogen and oxygen atoms in total. The van der Waals surface area contributed by atoms with Crippen LogP contribution in [-0.4, -0.2) is 3.21 Å². The molecule has 1 atom stereocenters. The third kappa shape index (κ3) is 11.0. The molecule has 3 heteroatoms. The van der Waals surface area contributed by atoms with Crippen molar-refractivity contribution in [1.29, 1.82) is 0 Å². The number of aryl methyl sites for hydroxylation is 6. The average molecular weight is 879 g/mol. The van der Waals surface area contributed by atoms with E-state index in [4.69, 9.17) is 0 Å². The van der Waals surface area contributed by atoms with Crippen LogP contribution in [0.3, 0.4) is 0 Å². The number of benzene rings is 6. The minimum atomic E-state index is 0. The van der Waals surface area contributed by atoms with E-state index in [2.05, 4.69) is 215 Å². The summed E-state index contributed by atoms with van der Waals surface area (Å²) < 4.78 is 1.42. The van der Waals surface area contributed by atoms with E-state index < -0.39 is 0 Å². The summed E-state index contributed by atoms with van der Waals surface area (Å²) in [6, 6.07) is 46.5. The van der Waals surface area contributed by atoms with Crippen molar-refractivity contribution in [3.63, 3.8) is 0 Å². The number of hydrogen-bond donors (Lipinski definition) is 0. The Morgan fingerprint density at radius 3 is 1.31 bits per heavy atom. The summed E-state index contributed by atoms with van der Waals surface area (Å²) in [4.78, 5) is 0. The van der Waals surface area contributed by atoms with Crippen molar-refractivity contribution in [2.24, 2.45) is 11.3 Å². The van der Waals surface area contributed by atoms with Crippen LogP contribution in [0.2, 0.25) is 0 Å². The molecule has 296 valence electrons. The van der Waals surface area contributed by atoms with Crippen LogP contribution in [0.15, 0.2) is 145 Å². The second-order valence-electron chi connectivity index (χ2n) is 16.6. The van der Waals surface area contributed by atoms with E-state index in [1.54, 1.807) is 0 Å². The summed E-state index contributed by atoms with van der Waals surface area (Å²) in [5, 5.41) is 5.32. The van der Waals surface area contributed by atoms with Gasteiger partial charge in [-0.2, -0.15) is 11.6 Å². The van der Waals surface area contributed by atoms with E-state index in [0.717, 1.165) is 0 Å². The molecule has 1 aliphatic rings. The molecule has 0 aromatic heterocycles. The SMILES string of the molecule is CCC1[C-]=CC(C(C)(C)C)=C1.Cc1cc(C)c(-c2ccc3c(c2)[cH-]c2cc(-c4c(C)cc(C)cc4C)ccc23)c(C)c1.[Cl-].[Cl-].[Zr+2]=[C](c1ccccc1)c1ccccc1. The van der Waals surface area contributed by atoms with E-state index in [1.165, 1.54) is 128 Å². The first-order valence-electron chi connectivity index (χ1n) is 20.0. The summed E-state index contributed by atoms with van der Waals surface area (Å²) >= 11 is 1.46. The number of fused-ring (bicyclic) bond motifs is 3. The molecule has 1 aliphatic carbocycles. The van der Waals surface area contributed by atoms with Crippen molar-refractivity contribution in [1.82, 2.24) is 0 Å². The molecule has 0 amide bonds. The Labute approximate surface area is 376 Å². The molecule has 58 heavy (non-hydrogen) atoms. The zero-order valence-electron chi connectivity index (χ0n) is 35.8. The van der Waals surface area contributed by atoms with Crippen LogP contribution in [0.4, 0.5) is 0 Å². The van der Waals surface area contributed by atoms with E-state index >= 15 is 0 Å². The molecule has 0 fully saturated rings. The number of allylic oxidation sites excluding steroid dienone is 4. The monoisotopic (exact) mass is 876 g/mol. The fraction of sp³-hybridized carbons (Fsp3) is 0.236. The molecule has 8 rings (SSSR count). The maximum absolute atomic E-state index is 3.35. The van der Waals surface area contributed by atoms with Crippen molar-refractivity contribution < 1.29 is 49.0 Å². The quantitative estimate of drug-likeness (QED) is 0.152. The fourth-order valence-corrected chi connectivity index (χ4v) is 9.01. The predicted octanol–water partition coefficient (Wildman–Crippen LogP) is 9.06. The van der Waals surface area contributed by atoms with Gasteiger partial charge in [0.1, 0.15) is 0 Å². The van der Waals surface area contributed by atoms with Gasteiger partial charge in [-0.05, 0) is 74.9 Å². The zero-order chi connectivity index (χ0) is 40.1. The Morgan fingerprint density at radius 1 is 0.586 bits per heavy atom. The van der Waals surface area contributed by atoms with Gasteiger partial charge in [-0.1, -0.05) is 116 Å². The molecule has 0 bridgehead atoms. The van der Waals surface area contributed by atoms with Crippen LogP contribution in [0.5, 0.6) is 0 Å². The van der Waals surface area contributed by atoms with Crippen LogP contribution in [-0.2, 0) is 24.2 Å². The predicted molar refractivity (Wildman–Crippen MR) is 242 cm³/mol. The Morgan fingerprint density at radius 2 is 0.983 bits per heavy atom. The van der Waals surface area contributed by atoms with Gasteiger partial charge in [0.15, 0.2) is 0 Å². The number of halogens is 2. The third-order valence-corrected chi connectivity index (χ3v) is 12.3. The van der Waals surface area contributed by atoms with Gasteiger partial charge >= 0.3 is 99.2 Å². The first-order valence-corrected chi connectivity index (χ1v) is 21.3. The van der Waals surface area contributed by atoms with Crippen LogP contribution in [0, 0.1) is 59.0 Å². The zero-order valence-corrected chi connectivity index (χ0v) is 39.8. The van der Waals surface area contributed by atoms with Crippen molar-refractivity contribution in [3.05, 3.63) is 196 Å². The maximum atomic E-state index is 3.35. The second-order valence-corrected chi connectivity index (χ2v) is 17.8. The molecule has 0 aliphatic heterocycles. The number of hydrogen-bond acceptors (Lipinski definition) is 0. The fourth-order valence-electron chi connectivity index (χ4n) is 8.19. The molecule has 7 aromatic carbocycles. The van der Waals surface area contributed by atoms with Crippen molar-refractivity contribution in [2.75, 3.05) is 0 Å². The molecular weight excluding hydrogens is 823 g/mol. The third-order valence-electron chi connectivity index (χ3n) is 10.9. The van der Waals surface area contributed by atoms with E-state index in [1.807, 2.05) is 0 Å². The summed E-state index contributed by atoms with van der Waals surface area (Å²) in [5.41, 5.74) is 17.8. The Kier molecular flexibility index (Phi) is 16.4. The van der Waals surface area contributed by atoms with Gasteiger partial charge in [-0.25, -0.2) is 6.08 Å². The van der Waals surface area contributed by atoms with Crippen LogP contribution in [0.1, 0.15) is 78.6 Å². The average Bonchev–Trinajstić information content (AvgIpc) is 3.80. The van der Waals surface area contributed by atoms with Crippen molar-refractivity contribution in [2.45, 2.75) is 75.7 Å². The molecule has 0 N–H and O–H groups in total. The van der Waals surface area contributed by atoms with Gasteiger partial charge < -0.3 is 24.8 Å². The number of rotatable bonds is 5. The summed E-state index contributed by atoms with van der Waals surface area (Å²) in [5.74, 6) is 0.573. The summed E-state index contributed by atoms with van der Waals surface area (Å²) in [6.45, 7) is 22.2. The van der Waals surface area contributed by atoms with Crippen LogP contribution >= 0.6 is 0 Å². The molecule has 1 unspecified atom stereocenters. The molecule has 0 saturated heterocycles. The molecule has 0 radical (unpaired) electrons. The van der Waals surface area contributed by atoms with Gasteiger partial charge in [-0.15, -0.1) is 39.7 Å². The van der Waals surface area contributed by atoms with E-state index in [0.29, 0.717) is 11.3 Å².